The van der Waals surface area contributed by atoms with Crippen molar-refractivity contribution in [2.24, 2.45) is 11.8 Å². The van der Waals surface area contributed by atoms with Crippen LogP contribution < -0.4 is 10.1 Å². The zero-order valence-electron chi connectivity index (χ0n) is 15.0. The van der Waals surface area contributed by atoms with E-state index >= 15 is 0 Å². The van der Waals surface area contributed by atoms with Gasteiger partial charge in [-0.3, -0.25) is 4.79 Å². The van der Waals surface area contributed by atoms with Crippen molar-refractivity contribution < 1.29 is 9.53 Å². The molecule has 2 aliphatic rings. The average molecular weight is 330 g/mol. The molecule has 0 bridgehead atoms. The molecule has 2 fully saturated rings. The fraction of sp³-hybridized carbons (Fsp3) is 0.650. The monoisotopic (exact) mass is 330 g/mol. The quantitative estimate of drug-likeness (QED) is 0.835. The lowest BCUT2D eigenvalue weighted by atomic mass is 9.93. The Labute approximate surface area is 145 Å². The molecule has 1 amide bonds. The highest BCUT2D eigenvalue weighted by atomic mass is 16.5. The first kappa shape index (κ1) is 17.3. The summed E-state index contributed by atoms with van der Waals surface area (Å²) in [6.07, 6.45) is 4.27. The molecule has 4 nitrogen and oxygen atoms in total. The van der Waals surface area contributed by atoms with E-state index in [1.807, 2.05) is 6.07 Å². The van der Waals surface area contributed by atoms with Gasteiger partial charge in [0.15, 0.2) is 0 Å². The number of piperidine rings is 1. The van der Waals surface area contributed by atoms with Crippen molar-refractivity contribution in [3.63, 3.8) is 0 Å². The van der Waals surface area contributed by atoms with Crippen LogP contribution in [0.3, 0.4) is 0 Å². The molecular weight excluding hydrogens is 300 g/mol. The van der Waals surface area contributed by atoms with E-state index in [1.165, 1.54) is 5.56 Å². The van der Waals surface area contributed by atoms with Crippen LogP contribution in [-0.2, 0) is 11.3 Å². The molecule has 0 spiro atoms. The van der Waals surface area contributed by atoms with Gasteiger partial charge in [-0.15, -0.1) is 0 Å². The van der Waals surface area contributed by atoms with Gasteiger partial charge in [0.1, 0.15) is 5.75 Å². The van der Waals surface area contributed by atoms with Gasteiger partial charge in [-0.25, -0.2) is 0 Å². The van der Waals surface area contributed by atoms with Gasteiger partial charge < -0.3 is 15.0 Å². The van der Waals surface area contributed by atoms with Gasteiger partial charge in [-0.1, -0.05) is 26.0 Å². The fourth-order valence-electron chi connectivity index (χ4n) is 3.45. The summed E-state index contributed by atoms with van der Waals surface area (Å²) in [5, 5.41) is 3.68. The summed E-state index contributed by atoms with van der Waals surface area (Å²) in [4.78, 5) is 14.3. The Morgan fingerprint density at radius 3 is 2.88 bits per heavy atom. The highest BCUT2D eigenvalue weighted by Crippen LogP contribution is 2.32. The van der Waals surface area contributed by atoms with Crippen LogP contribution in [0.5, 0.6) is 5.75 Å². The number of ether oxygens (including phenoxy) is 1. The molecule has 4 heteroatoms. The third kappa shape index (κ3) is 4.50. The van der Waals surface area contributed by atoms with E-state index < -0.39 is 0 Å². The van der Waals surface area contributed by atoms with Crippen LogP contribution in [-0.4, -0.2) is 36.5 Å². The number of rotatable bonds is 7. The smallest absolute Gasteiger partial charge is 0.225 e. The molecule has 1 N–H and O–H groups in total. The third-order valence-electron chi connectivity index (χ3n) is 5.08. The Hall–Kier alpha value is -1.55. The molecule has 2 atom stereocenters. The maximum absolute atomic E-state index is 12.2. The van der Waals surface area contributed by atoms with Crippen molar-refractivity contribution in [2.45, 2.75) is 52.1 Å². The minimum absolute atomic E-state index is 0.340. The van der Waals surface area contributed by atoms with Crippen molar-refractivity contribution in [1.82, 2.24) is 10.2 Å². The Morgan fingerprint density at radius 1 is 1.33 bits per heavy atom. The molecule has 0 aromatic heterocycles. The lowest BCUT2D eigenvalue weighted by Gasteiger charge is -2.37. The van der Waals surface area contributed by atoms with E-state index in [4.69, 9.17) is 4.74 Å². The molecule has 0 radical (unpaired) electrons. The maximum Gasteiger partial charge on any atom is 0.225 e. The molecule has 1 heterocycles. The second-order valence-corrected chi connectivity index (χ2v) is 7.31. The largest absolute Gasteiger partial charge is 0.494 e. The number of amides is 1. The van der Waals surface area contributed by atoms with E-state index in [-0.39, 0.29) is 0 Å². The fourth-order valence-corrected chi connectivity index (χ4v) is 3.45. The molecule has 0 unspecified atom stereocenters. The first-order valence-electron chi connectivity index (χ1n) is 9.41. The minimum atomic E-state index is 0.340. The lowest BCUT2D eigenvalue weighted by molar-refractivity contribution is -0.134. The van der Waals surface area contributed by atoms with Gasteiger partial charge in [0.2, 0.25) is 5.91 Å². The molecule has 1 aromatic rings. The molecular formula is C20H30N2O2. The van der Waals surface area contributed by atoms with E-state index in [9.17, 15) is 4.79 Å². The number of carbonyl (C=O) groups excluding carboxylic acids is 1. The molecule has 1 saturated heterocycles. The topological polar surface area (TPSA) is 41.6 Å². The van der Waals surface area contributed by atoms with E-state index in [1.54, 1.807) is 0 Å². The Balaban J connectivity index is 1.47. The second kappa shape index (κ2) is 8.02. The summed E-state index contributed by atoms with van der Waals surface area (Å²) in [7, 11) is 0. The van der Waals surface area contributed by atoms with Crippen LogP contribution in [0.15, 0.2) is 24.3 Å². The summed E-state index contributed by atoms with van der Waals surface area (Å²) in [6, 6.07) is 8.82. The Kier molecular flexibility index (Phi) is 5.77. The molecule has 1 aliphatic carbocycles. The van der Waals surface area contributed by atoms with E-state index in [0.29, 0.717) is 23.8 Å². The number of likely N-dealkylation sites (tertiary alicyclic amines) is 1. The van der Waals surface area contributed by atoms with Crippen LogP contribution in [0, 0.1) is 11.8 Å². The predicted octanol–water partition coefficient (Wildman–Crippen LogP) is 3.21. The van der Waals surface area contributed by atoms with Crippen molar-refractivity contribution in [2.75, 3.05) is 19.7 Å². The molecule has 1 aromatic carbocycles. The first-order chi connectivity index (χ1) is 11.7. The highest BCUT2D eigenvalue weighted by Gasteiger charge is 2.36. The van der Waals surface area contributed by atoms with Crippen LogP contribution in [0.2, 0.25) is 0 Å². The first-order valence-corrected chi connectivity index (χ1v) is 9.41. The van der Waals surface area contributed by atoms with Gasteiger partial charge in [0, 0.05) is 31.6 Å². The third-order valence-corrected chi connectivity index (χ3v) is 5.08. The summed E-state index contributed by atoms with van der Waals surface area (Å²) < 4.78 is 5.71. The standard InChI is InChI=1S/C20H30N2O2/c1-3-11-24-18-6-4-5-16(12-18)13-21-19-9-10-22(14-15(19)2)20(23)17-7-8-17/h4-6,12,15,17,19,21H,3,7-11,13-14H2,1-2H3/t15-,19+/m0/s1. The summed E-state index contributed by atoms with van der Waals surface area (Å²) >= 11 is 0. The van der Waals surface area contributed by atoms with Crippen molar-refractivity contribution >= 4 is 5.91 Å². The average Bonchev–Trinajstić information content (AvgIpc) is 3.43. The number of carbonyl (C=O) groups is 1. The summed E-state index contributed by atoms with van der Waals surface area (Å²) in [5.41, 5.74) is 1.26. The van der Waals surface area contributed by atoms with Crippen LogP contribution >= 0.6 is 0 Å². The van der Waals surface area contributed by atoms with Gasteiger partial charge >= 0.3 is 0 Å². The zero-order chi connectivity index (χ0) is 16.9. The Morgan fingerprint density at radius 2 is 2.17 bits per heavy atom. The Bertz CT molecular complexity index is 556. The molecule has 1 aliphatic heterocycles. The van der Waals surface area contributed by atoms with Crippen molar-refractivity contribution in [3.8, 4) is 5.75 Å². The van der Waals surface area contributed by atoms with E-state index in [0.717, 1.165) is 57.7 Å². The number of nitrogens with zero attached hydrogens (tertiary/aromatic N) is 1. The predicted molar refractivity (Wildman–Crippen MR) is 95.9 cm³/mol. The molecule has 1 saturated carbocycles. The number of benzene rings is 1. The van der Waals surface area contributed by atoms with Crippen LogP contribution in [0.1, 0.15) is 45.1 Å². The van der Waals surface area contributed by atoms with Gasteiger partial charge in [0.05, 0.1) is 6.61 Å². The lowest BCUT2D eigenvalue weighted by Crippen LogP contribution is -2.50. The van der Waals surface area contributed by atoms with E-state index in [2.05, 4.69) is 42.3 Å². The zero-order valence-corrected chi connectivity index (χ0v) is 15.0. The molecule has 3 rings (SSSR count). The van der Waals surface area contributed by atoms with Gasteiger partial charge in [-0.2, -0.15) is 0 Å². The maximum atomic E-state index is 12.2. The normalized spacial score (nSPS) is 24.0. The summed E-state index contributed by atoms with van der Waals surface area (Å²) in [6.45, 7) is 7.79. The van der Waals surface area contributed by atoms with Crippen LogP contribution in [0.25, 0.3) is 0 Å². The minimum Gasteiger partial charge on any atom is -0.494 e. The molecule has 132 valence electrons. The number of hydrogen-bond acceptors (Lipinski definition) is 3. The van der Waals surface area contributed by atoms with Crippen LogP contribution in [0.4, 0.5) is 0 Å². The second-order valence-electron chi connectivity index (χ2n) is 7.31. The SMILES string of the molecule is CCCOc1cccc(CN[C@@H]2CCN(C(=O)C3CC3)C[C@@H]2C)c1. The van der Waals surface area contributed by atoms with Crippen molar-refractivity contribution in [1.29, 1.82) is 0 Å². The van der Waals surface area contributed by atoms with Crippen molar-refractivity contribution in [3.05, 3.63) is 29.8 Å². The molecule has 24 heavy (non-hydrogen) atoms. The number of nitrogens with one attached hydrogen (secondary N) is 1. The summed E-state index contributed by atoms with van der Waals surface area (Å²) in [5.74, 6) is 2.18. The number of hydrogen-bond donors (Lipinski definition) is 1. The highest BCUT2D eigenvalue weighted by molar-refractivity contribution is 5.81. The van der Waals surface area contributed by atoms with Gasteiger partial charge in [-0.05, 0) is 49.3 Å². The van der Waals surface area contributed by atoms with Gasteiger partial charge in [0.25, 0.3) is 0 Å².